The van der Waals surface area contributed by atoms with Gasteiger partial charge in [-0.3, -0.25) is 4.79 Å². The fourth-order valence-corrected chi connectivity index (χ4v) is 2.34. The van der Waals surface area contributed by atoms with Crippen molar-refractivity contribution in [1.82, 2.24) is 0 Å². The minimum absolute atomic E-state index is 0.0349. The molecule has 0 aliphatic rings. The van der Waals surface area contributed by atoms with Crippen molar-refractivity contribution in [2.45, 2.75) is 39.2 Å². The molecule has 112 valence electrons. The second kappa shape index (κ2) is 6.27. The van der Waals surface area contributed by atoms with Crippen molar-refractivity contribution in [3.8, 4) is 5.75 Å². The lowest BCUT2D eigenvalue weighted by atomic mass is 9.98. The number of ketones is 1. The zero-order valence-corrected chi connectivity index (χ0v) is 12.8. The molecule has 2 rings (SSSR count). The van der Waals surface area contributed by atoms with Gasteiger partial charge in [0.2, 0.25) is 0 Å². The summed E-state index contributed by atoms with van der Waals surface area (Å²) >= 11 is 0. The number of carbonyl (C=O) groups excluding carboxylic acids is 1. The summed E-state index contributed by atoms with van der Waals surface area (Å²) < 4.78 is 5.89. The fraction of sp³-hybridized carbons (Fsp3) is 0.389. The molecule has 0 heterocycles. The van der Waals surface area contributed by atoms with Crippen molar-refractivity contribution < 1.29 is 14.6 Å². The van der Waals surface area contributed by atoms with Crippen molar-refractivity contribution in [2.24, 2.45) is 0 Å². The van der Waals surface area contributed by atoms with Gasteiger partial charge in [0.25, 0.3) is 0 Å². The van der Waals surface area contributed by atoms with E-state index < -0.39 is 5.60 Å². The van der Waals surface area contributed by atoms with Gasteiger partial charge in [0.05, 0.1) is 11.2 Å². The summed E-state index contributed by atoms with van der Waals surface area (Å²) in [6.07, 6.45) is 1.23. The summed E-state index contributed by atoms with van der Waals surface area (Å²) in [6, 6.07) is 11.5. The zero-order chi connectivity index (χ0) is 15.5. The van der Waals surface area contributed by atoms with Gasteiger partial charge < -0.3 is 9.84 Å². The highest BCUT2D eigenvalue weighted by Gasteiger charge is 2.24. The molecule has 0 aliphatic heterocycles. The summed E-state index contributed by atoms with van der Waals surface area (Å²) in [5.74, 6) is 0.535. The molecule has 0 saturated carbocycles. The lowest BCUT2D eigenvalue weighted by Gasteiger charge is -2.26. The summed E-state index contributed by atoms with van der Waals surface area (Å²) in [6.45, 7) is 5.58. The number of benzene rings is 2. The third kappa shape index (κ3) is 3.24. The molecule has 0 fully saturated rings. The van der Waals surface area contributed by atoms with Crippen LogP contribution in [0.2, 0.25) is 0 Å². The molecular formula is C18H22O3. The van der Waals surface area contributed by atoms with Crippen LogP contribution in [-0.4, -0.2) is 23.1 Å². The lowest BCUT2D eigenvalue weighted by Crippen LogP contribution is -2.34. The second-order valence-corrected chi connectivity index (χ2v) is 5.44. The number of carbonyl (C=O) groups is 1. The van der Waals surface area contributed by atoms with Gasteiger partial charge in [0.1, 0.15) is 12.4 Å². The van der Waals surface area contributed by atoms with E-state index in [1.807, 2.05) is 44.2 Å². The molecular weight excluding hydrogens is 264 g/mol. The monoisotopic (exact) mass is 286 g/mol. The number of rotatable bonds is 6. The van der Waals surface area contributed by atoms with Crippen LogP contribution in [-0.2, 0) is 0 Å². The molecule has 0 aliphatic carbocycles. The van der Waals surface area contributed by atoms with Gasteiger partial charge in [-0.1, -0.05) is 44.2 Å². The normalized spacial score (nSPS) is 11.6. The van der Waals surface area contributed by atoms with E-state index in [-0.39, 0.29) is 12.4 Å². The zero-order valence-electron chi connectivity index (χ0n) is 12.8. The van der Waals surface area contributed by atoms with Crippen LogP contribution in [0.25, 0.3) is 10.8 Å². The van der Waals surface area contributed by atoms with Gasteiger partial charge in [-0.2, -0.15) is 0 Å². The first kappa shape index (κ1) is 15.5. The molecule has 0 radical (unpaired) electrons. The van der Waals surface area contributed by atoms with E-state index >= 15 is 0 Å². The van der Waals surface area contributed by atoms with Crippen LogP contribution in [0.15, 0.2) is 36.4 Å². The van der Waals surface area contributed by atoms with Crippen molar-refractivity contribution in [1.29, 1.82) is 0 Å². The van der Waals surface area contributed by atoms with E-state index in [1.54, 1.807) is 6.07 Å². The highest BCUT2D eigenvalue weighted by atomic mass is 16.5. The molecule has 0 unspecified atom stereocenters. The predicted octanol–water partition coefficient (Wildman–Crippen LogP) is 3.97. The maximum Gasteiger partial charge on any atom is 0.163 e. The molecule has 1 N–H and O–H groups in total. The Kier molecular flexibility index (Phi) is 4.63. The number of ether oxygens (including phenoxy) is 1. The Labute approximate surface area is 125 Å². The van der Waals surface area contributed by atoms with Crippen LogP contribution in [0.3, 0.4) is 0 Å². The van der Waals surface area contributed by atoms with Gasteiger partial charge in [-0.25, -0.2) is 0 Å². The smallest absolute Gasteiger partial charge is 0.163 e. The Hall–Kier alpha value is -1.87. The molecule has 0 spiro atoms. The number of fused-ring (bicyclic) bond motifs is 1. The van der Waals surface area contributed by atoms with Crippen molar-refractivity contribution in [3.63, 3.8) is 0 Å². The number of Topliss-reactive ketones (excluding diaryl/α,β-unsaturated/α-hetero) is 1. The Balaban J connectivity index is 2.45. The Bertz CT molecular complexity index is 642. The molecule has 3 heteroatoms. The first-order chi connectivity index (χ1) is 10.0. The average Bonchev–Trinajstić information content (AvgIpc) is 2.51. The maximum atomic E-state index is 11.8. The molecule has 0 amide bonds. The Morgan fingerprint density at radius 3 is 2.43 bits per heavy atom. The molecule has 2 aromatic rings. The van der Waals surface area contributed by atoms with E-state index in [0.717, 1.165) is 10.8 Å². The first-order valence-electron chi connectivity index (χ1n) is 7.38. The predicted molar refractivity (Wildman–Crippen MR) is 85.0 cm³/mol. The topological polar surface area (TPSA) is 46.5 Å². The van der Waals surface area contributed by atoms with Gasteiger partial charge in [-0.15, -0.1) is 0 Å². The van der Waals surface area contributed by atoms with E-state index in [4.69, 9.17) is 4.74 Å². The van der Waals surface area contributed by atoms with Gasteiger partial charge in [0.15, 0.2) is 5.78 Å². The molecule has 0 atom stereocenters. The van der Waals surface area contributed by atoms with Crippen LogP contribution in [0.4, 0.5) is 0 Å². The summed E-state index contributed by atoms with van der Waals surface area (Å²) in [5.41, 5.74) is -0.298. The third-order valence-electron chi connectivity index (χ3n) is 4.06. The summed E-state index contributed by atoms with van der Waals surface area (Å²) in [7, 11) is 0. The summed E-state index contributed by atoms with van der Waals surface area (Å²) in [4.78, 5) is 11.8. The Morgan fingerprint density at radius 1 is 1.14 bits per heavy atom. The van der Waals surface area contributed by atoms with E-state index in [9.17, 15) is 9.90 Å². The SMILES string of the molecule is CCC(O)(CC)COc1c(C(C)=O)ccc2ccccc12. The number of hydrogen-bond donors (Lipinski definition) is 1. The molecule has 2 aromatic carbocycles. The largest absolute Gasteiger partial charge is 0.489 e. The minimum Gasteiger partial charge on any atom is -0.489 e. The molecule has 0 aromatic heterocycles. The second-order valence-electron chi connectivity index (χ2n) is 5.44. The highest BCUT2D eigenvalue weighted by Crippen LogP contribution is 2.31. The van der Waals surface area contributed by atoms with Gasteiger partial charge in [0, 0.05) is 5.39 Å². The van der Waals surface area contributed by atoms with Crippen LogP contribution in [0.1, 0.15) is 44.0 Å². The highest BCUT2D eigenvalue weighted by molar-refractivity contribution is 6.03. The van der Waals surface area contributed by atoms with Crippen molar-refractivity contribution in [2.75, 3.05) is 6.61 Å². The van der Waals surface area contributed by atoms with Crippen molar-refractivity contribution >= 4 is 16.6 Å². The third-order valence-corrected chi connectivity index (χ3v) is 4.06. The standard InChI is InChI=1S/C18H22O3/c1-4-18(20,5-2)12-21-17-15(13(3)19)11-10-14-8-6-7-9-16(14)17/h6-11,20H,4-5,12H2,1-3H3. The number of aliphatic hydroxyl groups is 1. The molecule has 3 nitrogen and oxygen atoms in total. The Morgan fingerprint density at radius 2 is 1.81 bits per heavy atom. The molecule has 0 bridgehead atoms. The van der Waals surface area contributed by atoms with E-state index in [1.165, 1.54) is 6.92 Å². The first-order valence-corrected chi connectivity index (χ1v) is 7.38. The van der Waals surface area contributed by atoms with Gasteiger partial charge >= 0.3 is 0 Å². The fourth-order valence-electron chi connectivity index (χ4n) is 2.34. The molecule has 21 heavy (non-hydrogen) atoms. The van der Waals surface area contributed by atoms with Crippen LogP contribution >= 0.6 is 0 Å². The maximum absolute atomic E-state index is 11.8. The lowest BCUT2D eigenvalue weighted by molar-refractivity contribution is -0.0111. The quantitative estimate of drug-likeness (QED) is 0.817. The molecule has 0 saturated heterocycles. The van der Waals surface area contributed by atoms with E-state index in [0.29, 0.717) is 24.2 Å². The average molecular weight is 286 g/mol. The number of hydrogen-bond acceptors (Lipinski definition) is 3. The minimum atomic E-state index is -0.856. The van der Waals surface area contributed by atoms with Crippen molar-refractivity contribution in [3.05, 3.63) is 42.0 Å². The van der Waals surface area contributed by atoms with Crippen LogP contribution in [0.5, 0.6) is 5.75 Å². The van der Waals surface area contributed by atoms with E-state index in [2.05, 4.69) is 0 Å². The van der Waals surface area contributed by atoms with Crippen LogP contribution < -0.4 is 4.74 Å². The summed E-state index contributed by atoms with van der Waals surface area (Å²) in [5, 5.41) is 12.3. The van der Waals surface area contributed by atoms with Gasteiger partial charge in [-0.05, 0) is 31.2 Å². The van der Waals surface area contributed by atoms with Crippen LogP contribution in [0, 0.1) is 0 Å².